The molecule has 6 nitrogen and oxygen atoms in total. The Labute approximate surface area is 118 Å². The van der Waals surface area contributed by atoms with Gasteiger partial charge in [0.1, 0.15) is 5.69 Å². The van der Waals surface area contributed by atoms with E-state index in [1.54, 1.807) is 0 Å². The minimum absolute atomic E-state index is 0.0318. The van der Waals surface area contributed by atoms with Gasteiger partial charge in [-0.15, -0.1) is 0 Å². The largest absolute Gasteiger partial charge is 0.477 e. The van der Waals surface area contributed by atoms with E-state index in [4.69, 9.17) is 5.11 Å². The van der Waals surface area contributed by atoms with Gasteiger partial charge in [-0.25, -0.2) is 13.6 Å². The van der Waals surface area contributed by atoms with E-state index >= 15 is 0 Å². The maximum atomic E-state index is 13.0. The lowest BCUT2D eigenvalue weighted by molar-refractivity contribution is -0.116. The van der Waals surface area contributed by atoms with Gasteiger partial charge >= 0.3 is 5.97 Å². The van der Waals surface area contributed by atoms with Crippen LogP contribution in [0.2, 0.25) is 0 Å². The van der Waals surface area contributed by atoms with E-state index in [-0.39, 0.29) is 24.3 Å². The number of aromatic carboxylic acids is 1. The van der Waals surface area contributed by atoms with E-state index < -0.39 is 23.5 Å². The quantitative estimate of drug-likeness (QED) is 0.882. The fraction of sp³-hybridized carbons (Fsp3) is 0.154. The molecule has 8 heteroatoms. The molecule has 0 spiro atoms. The van der Waals surface area contributed by atoms with Gasteiger partial charge in [-0.05, 0) is 18.2 Å². The summed E-state index contributed by atoms with van der Waals surface area (Å²) >= 11 is 0. The van der Waals surface area contributed by atoms with Crippen molar-refractivity contribution in [3.05, 3.63) is 47.8 Å². The molecule has 0 bridgehead atoms. The van der Waals surface area contributed by atoms with Gasteiger partial charge in [0, 0.05) is 24.4 Å². The Balaban J connectivity index is 1.94. The topological polar surface area (TPSA) is 84.2 Å². The number of rotatable bonds is 5. The van der Waals surface area contributed by atoms with Gasteiger partial charge in [-0.1, -0.05) is 0 Å². The second-order valence-electron chi connectivity index (χ2n) is 4.17. The third-order valence-corrected chi connectivity index (χ3v) is 2.69. The number of anilines is 1. The number of benzene rings is 1. The first-order chi connectivity index (χ1) is 9.97. The Bertz CT molecular complexity index is 685. The van der Waals surface area contributed by atoms with Gasteiger partial charge in [0.15, 0.2) is 11.6 Å². The van der Waals surface area contributed by atoms with Crippen LogP contribution in [-0.4, -0.2) is 26.8 Å². The van der Waals surface area contributed by atoms with E-state index in [1.807, 2.05) is 0 Å². The smallest absolute Gasteiger partial charge is 0.354 e. The van der Waals surface area contributed by atoms with Crippen LogP contribution >= 0.6 is 0 Å². The van der Waals surface area contributed by atoms with Gasteiger partial charge in [-0.2, -0.15) is 5.10 Å². The van der Waals surface area contributed by atoms with Crippen LogP contribution in [-0.2, 0) is 11.3 Å². The van der Waals surface area contributed by atoms with Crippen LogP contribution in [0.4, 0.5) is 14.5 Å². The molecule has 1 heterocycles. The van der Waals surface area contributed by atoms with E-state index in [0.717, 1.165) is 12.1 Å². The summed E-state index contributed by atoms with van der Waals surface area (Å²) in [5.41, 5.74) is 0.0912. The monoisotopic (exact) mass is 295 g/mol. The number of halogens is 2. The van der Waals surface area contributed by atoms with Crippen molar-refractivity contribution in [1.82, 2.24) is 9.78 Å². The fourth-order valence-electron chi connectivity index (χ4n) is 1.70. The molecule has 0 atom stereocenters. The second kappa shape index (κ2) is 6.12. The number of carbonyl (C=O) groups is 2. The van der Waals surface area contributed by atoms with Crippen molar-refractivity contribution in [2.75, 3.05) is 5.32 Å². The highest BCUT2D eigenvalue weighted by molar-refractivity contribution is 5.90. The lowest BCUT2D eigenvalue weighted by atomic mass is 10.3. The number of nitrogens with one attached hydrogen (secondary N) is 1. The summed E-state index contributed by atoms with van der Waals surface area (Å²) < 4.78 is 26.9. The van der Waals surface area contributed by atoms with Crippen LogP contribution in [0.5, 0.6) is 0 Å². The first kappa shape index (κ1) is 14.6. The molecule has 0 fully saturated rings. The summed E-state index contributed by atoms with van der Waals surface area (Å²) in [4.78, 5) is 22.5. The third-order valence-electron chi connectivity index (χ3n) is 2.69. The molecule has 2 aromatic rings. The van der Waals surface area contributed by atoms with Crippen LogP contribution in [0.15, 0.2) is 30.5 Å². The predicted molar refractivity (Wildman–Crippen MR) is 68.8 cm³/mol. The molecule has 1 aromatic carbocycles. The Kier molecular flexibility index (Phi) is 4.27. The van der Waals surface area contributed by atoms with Gasteiger partial charge in [0.25, 0.3) is 0 Å². The number of aryl methyl sites for hydroxylation is 1. The Morgan fingerprint density at radius 3 is 2.67 bits per heavy atom. The standard InChI is InChI=1S/C13H11F2N3O3/c14-9-2-1-8(7-10(9)15)17-12(19)4-6-18-11(13(20)21)3-5-16-18/h1-3,5,7H,4,6H2,(H,17,19)(H,20,21). The molecule has 1 amide bonds. The van der Waals surface area contributed by atoms with Crippen LogP contribution in [0.1, 0.15) is 16.9 Å². The number of amides is 1. The number of aromatic nitrogens is 2. The number of carboxylic acid groups (broad SMARTS) is 1. The average Bonchev–Trinajstić information content (AvgIpc) is 2.89. The number of carboxylic acids is 1. The highest BCUT2D eigenvalue weighted by Gasteiger charge is 2.12. The first-order valence-electron chi connectivity index (χ1n) is 5.97. The van der Waals surface area contributed by atoms with Crippen molar-refractivity contribution >= 4 is 17.6 Å². The Morgan fingerprint density at radius 1 is 1.24 bits per heavy atom. The van der Waals surface area contributed by atoms with E-state index in [0.29, 0.717) is 0 Å². The van der Waals surface area contributed by atoms with Gasteiger partial charge in [-0.3, -0.25) is 9.48 Å². The summed E-state index contributed by atoms with van der Waals surface area (Å²) in [6.07, 6.45) is 1.26. The van der Waals surface area contributed by atoms with Crippen molar-refractivity contribution in [2.45, 2.75) is 13.0 Å². The number of hydrogen-bond donors (Lipinski definition) is 2. The number of nitrogens with zero attached hydrogens (tertiary/aromatic N) is 2. The SMILES string of the molecule is O=C(CCn1nccc1C(=O)O)Nc1ccc(F)c(F)c1. The van der Waals surface area contributed by atoms with Gasteiger partial charge in [0.05, 0.1) is 6.54 Å². The van der Waals surface area contributed by atoms with Crippen LogP contribution in [0.3, 0.4) is 0 Å². The average molecular weight is 295 g/mol. The second-order valence-corrected chi connectivity index (χ2v) is 4.17. The van der Waals surface area contributed by atoms with Gasteiger partial charge < -0.3 is 10.4 Å². The van der Waals surface area contributed by atoms with E-state index in [1.165, 1.54) is 23.0 Å². The first-order valence-corrected chi connectivity index (χ1v) is 5.97. The Hall–Kier alpha value is -2.77. The zero-order chi connectivity index (χ0) is 15.4. The predicted octanol–water partition coefficient (Wildman–Crippen LogP) is 1.89. The van der Waals surface area contributed by atoms with Crippen molar-refractivity contribution < 1.29 is 23.5 Å². The molecule has 0 aliphatic heterocycles. The highest BCUT2D eigenvalue weighted by Crippen LogP contribution is 2.13. The molecule has 2 rings (SSSR count). The molecule has 0 unspecified atom stereocenters. The summed E-state index contributed by atoms with van der Waals surface area (Å²) in [7, 11) is 0. The molecule has 0 aliphatic carbocycles. The molecule has 0 saturated heterocycles. The van der Waals surface area contributed by atoms with Crippen molar-refractivity contribution in [3.63, 3.8) is 0 Å². The van der Waals surface area contributed by atoms with Crippen LogP contribution < -0.4 is 5.32 Å². The molecule has 0 radical (unpaired) electrons. The van der Waals surface area contributed by atoms with Crippen molar-refractivity contribution in [3.8, 4) is 0 Å². The summed E-state index contributed by atoms with van der Waals surface area (Å²) in [6.45, 7) is 0.0597. The minimum Gasteiger partial charge on any atom is -0.477 e. The molecule has 21 heavy (non-hydrogen) atoms. The van der Waals surface area contributed by atoms with Crippen LogP contribution in [0, 0.1) is 11.6 Å². The zero-order valence-corrected chi connectivity index (χ0v) is 10.7. The molecular weight excluding hydrogens is 284 g/mol. The molecule has 2 N–H and O–H groups in total. The molecule has 1 aromatic heterocycles. The lowest BCUT2D eigenvalue weighted by Crippen LogP contribution is -2.17. The fourth-order valence-corrected chi connectivity index (χ4v) is 1.70. The normalized spacial score (nSPS) is 10.4. The minimum atomic E-state index is -1.14. The highest BCUT2D eigenvalue weighted by atomic mass is 19.2. The molecular formula is C13H11F2N3O3. The van der Waals surface area contributed by atoms with Crippen molar-refractivity contribution in [2.24, 2.45) is 0 Å². The molecule has 0 saturated carbocycles. The van der Waals surface area contributed by atoms with E-state index in [2.05, 4.69) is 10.4 Å². The van der Waals surface area contributed by atoms with Gasteiger partial charge in [0.2, 0.25) is 5.91 Å². The summed E-state index contributed by atoms with van der Waals surface area (Å²) in [6, 6.07) is 4.31. The number of carbonyl (C=O) groups excluding carboxylic acids is 1. The summed E-state index contributed by atoms with van der Waals surface area (Å²) in [5, 5.41) is 15.0. The number of hydrogen-bond acceptors (Lipinski definition) is 3. The van der Waals surface area contributed by atoms with Crippen LogP contribution in [0.25, 0.3) is 0 Å². The van der Waals surface area contributed by atoms with Crippen molar-refractivity contribution in [1.29, 1.82) is 0 Å². The Morgan fingerprint density at radius 2 is 2.00 bits per heavy atom. The lowest BCUT2D eigenvalue weighted by Gasteiger charge is -2.07. The molecule has 0 aliphatic rings. The molecule has 110 valence electrons. The zero-order valence-electron chi connectivity index (χ0n) is 10.7. The maximum absolute atomic E-state index is 13.0. The summed E-state index contributed by atoms with van der Waals surface area (Å²) in [5.74, 6) is -3.68. The maximum Gasteiger partial charge on any atom is 0.354 e. The third kappa shape index (κ3) is 3.62. The van der Waals surface area contributed by atoms with E-state index in [9.17, 15) is 18.4 Å².